The summed E-state index contributed by atoms with van der Waals surface area (Å²) in [6.07, 6.45) is 4.70. The Labute approximate surface area is 111 Å². The molecule has 0 atom stereocenters. The summed E-state index contributed by atoms with van der Waals surface area (Å²) in [6, 6.07) is 5.21. The number of hydrogen-bond acceptors (Lipinski definition) is 4. The molecule has 0 fully saturated rings. The number of Topliss-reactive ketones (excluding diaryl/α,β-unsaturated/α-hetero) is 1. The van der Waals surface area contributed by atoms with Crippen molar-refractivity contribution in [3.63, 3.8) is 0 Å². The van der Waals surface area contributed by atoms with Gasteiger partial charge < -0.3 is 5.11 Å². The zero-order valence-electron chi connectivity index (χ0n) is 10.9. The second-order valence-electron chi connectivity index (χ2n) is 3.96. The van der Waals surface area contributed by atoms with Gasteiger partial charge >= 0.3 is 0 Å². The number of rotatable bonds is 5. The van der Waals surface area contributed by atoms with E-state index >= 15 is 0 Å². The Hall–Kier alpha value is -2.43. The maximum absolute atomic E-state index is 11.2. The Morgan fingerprint density at radius 3 is 2.68 bits per heavy atom. The summed E-state index contributed by atoms with van der Waals surface area (Å²) in [5.74, 6) is -0.622. The van der Waals surface area contributed by atoms with Gasteiger partial charge in [0.25, 0.3) is 0 Å². The Balaban J connectivity index is 2.74. The van der Waals surface area contributed by atoms with E-state index < -0.39 is 5.91 Å². The van der Waals surface area contributed by atoms with E-state index in [0.717, 1.165) is 0 Å². The van der Waals surface area contributed by atoms with Gasteiger partial charge in [-0.1, -0.05) is 24.3 Å². The lowest BCUT2D eigenvalue weighted by atomic mass is 10.1. The largest absolute Gasteiger partial charge is 0.507 e. The average molecular weight is 260 g/mol. The van der Waals surface area contributed by atoms with Crippen LogP contribution >= 0.6 is 0 Å². The molecule has 0 heterocycles. The van der Waals surface area contributed by atoms with Gasteiger partial charge in [-0.3, -0.25) is 9.59 Å². The van der Waals surface area contributed by atoms with Crippen LogP contribution < -0.4 is 5.43 Å². The van der Waals surface area contributed by atoms with Crippen LogP contribution in [-0.4, -0.2) is 23.0 Å². The molecule has 2 N–H and O–H groups in total. The van der Waals surface area contributed by atoms with Gasteiger partial charge in [0.1, 0.15) is 11.5 Å². The molecule has 0 aliphatic heterocycles. The van der Waals surface area contributed by atoms with E-state index in [9.17, 15) is 14.7 Å². The van der Waals surface area contributed by atoms with Gasteiger partial charge in [-0.05, 0) is 19.9 Å². The standard InChI is InChI=1S/C14H16N2O3/c1-3-5-11-6-4-7-12(14(11)19)9-15-16-13(18)8-10(2)17/h3-7,9,19H,8H2,1-2H3,(H,16,18)/b5-3+,15-9+. The van der Waals surface area contributed by atoms with E-state index in [1.165, 1.54) is 13.1 Å². The average Bonchev–Trinajstić information content (AvgIpc) is 2.33. The van der Waals surface area contributed by atoms with Crippen molar-refractivity contribution >= 4 is 24.0 Å². The van der Waals surface area contributed by atoms with Crippen LogP contribution in [0, 0.1) is 0 Å². The number of carbonyl (C=O) groups excluding carboxylic acids is 2. The normalized spacial score (nSPS) is 11.1. The maximum atomic E-state index is 11.2. The second-order valence-corrected chi connectivity index (χ2v) is 3.96. The fraction of sp³-hybridized carbons (Fsp3) is 0.214. The fourth-order valence-corrected chi connectivity index (χ4v) is 1.44. The number of aromatic hydroxyl groups is 1. The van der Waals surface area contributed by atoms with E-state index in [1.807, 2.05) is 13.0 Å². The van der Waals surface area contributed by atoms with Crippen LogP contribution in [0.4, 0.5) is 0 Å². The number of allylic oxidation sites excluding steroid dienone is 1. The monoisotopic (exact) mass is 260 g/mol. The van der Waals surface area contributed by atoms with Crippen LogP contribution in [0.2, 0.25) is 0 Å². The Morgan fingerprint density at radius 2 is 2.05 bits per heavy atom. The number of hydrazone groups is 1. The summed E-state index contributed by atoms with van der Waals surface area (Å²) < 4.78 is 0. The van der Waals surface area contributed by atoms with Crippen molar-refractivity contribution in [2.24, 2.45) is 5.10 Å². The third-order valence-electron chi connectivity index (χ3n) is 2.25. The minimum Gasteiger partial charge on any atom is -0.507 e. The summed E-state index contributed by atoms with van der Waals surface area (Å²) in [5.41, 5.74) is 3.37. The molecule has 1 aromatic rings. The maximum Gasteiger partial charge on any atom is 0.247 e. The number of phenolic OH excluding ortho intramolecular Hbond substituents is 1. The van der Waals surface area contributed by atoms with Crippen molar-refractivity contribution in [3.8, 4) is 5.75 Å². The molecule has 0 unspecified atom stereocenters. The molecule has 0 radical (unpaired) electrons. The number of hydrogen-bond donors (Lipinski definition) is 2. The number of amides is 1. The molecule has 0 saturated carbocycles. The summed E-state index contributed by atoms with van der Waals surface area (Å²) in [5, 5.41) is 13.6. The van der Waals surface area contributed by atoms with Crippen molar-refractivity contribution in [2.45, 2.75) is 20.3 Å². The number of phenols is 1. The van der Waals surface area contributed by atoms with E-state index in [0.29, 0.717) is 11.1 Å². The molecule has 0 aliphatic rings. The van der Waals surface area contributed by atoms with Gasteiger partial charge in [0, 0.05) is 11.1 Å². The zero-order valence-corrected chi connectivity index (χ0v) is 10.9. The molecular weight excluding hydrogens is 244 g/mol. The fourth-order valence-electron chi connectivity index (χ4n) is 1.44. The first-order valence-electron chi connectivity index (χ1n) is 5.80. The molecular formula is C14H16N2O3. The molecule has 5 nitrogen and oxygen atoms in total. The lowest BCUT2D eigenvalue weighted by molar-refractivity contribution is -0.127. The molecule has 0 aliphatic carbocycles. The molecule has 0 bridgehead atoms. The number of para-hydroxylation sites is 1. The smallest absolute Gasteiger partial charge is 0.247 e. The SMILES string of the molecule is C/C=C/c1cccc(/C=N/NC(=O)CC(C)=O)c1O. The summed E-state index contributed by atoms with van der Waals surface area (Å²) in [6.45, 7) is 3.18. The number of nitrogens with zero attached hydrogens (tertiary/aromatic N) is 1. The topological polar surface area (TPSA) is 78.8 Å². The van der Waals surface area contributed by atoms with Crippen LogP contribution in [0.1, 0.15) is 31.4 Å². The van der Waals surface area contributed by atoms with Crippen LogP contribution in [0.25, 0.3) is 6.08 Å². The first kappa shape index (κ1) is 14.6. The van der Waals surface area contributed by atoms with Gasteiger partial charge in [-0.2, -0.15) is 5.10 Å². The number of carbonyl (C=O) groups is 2. The number of nitrogens with one attached hydrogen (secondary N) is 1. The van der Waals surface area contributed by atoms with Crippen LogP contribution in [-0.2, 0) is 9.59 Å². The second kappa shape index (κ2) is 7.10. The number of ketones is 1. The summed E-state index contributed by atoms with van der Waals surface area (Å²) in [7, 11) is 0. The predicted octanol–water partition coefficient (Wildman–Crippen LogP) is 1.85. The molecule has 19 heavy (non-hydrogen) atoms. The minimum atomic E-state index is -0.479. The highest BCUT2D eigenvalue weighted by molar-refractivity contribution is 5.97. The highest BCUT2D eigenvalue weighted by Crippen LogP contribution is 2.22. The zero-order chi connectivity index (χ0) is 14.3. The number of benzene rings is 1. The molecule has 5 heteroatoms. The molecule has 100 valence electrons. The van der Waals surface area contributed by atoms with Gasteiger partial charge in [0.15, 0.2) is 0 Å². The molecule has 0 saturated heterocycles. The molecule has 1 rings (SSSR count). The molecule has 0 aromatic heterocycles. The van der Waals surface area contributed by atoms with Crippen molar-refractivity contribution in [3.05, 3.63) is 35.4 Å². The molecule has 1 aromatic carbocycles. The lowest BCUT2D eigenvalue weighted by Gasteiger charge is -2.02. The van der Waals surface area contributed by atoms with Gasteiger partial charge in [0.05, 0.1) is 12.6 Å². The van der Waals surface area contributed by atoms with Crippen molar-refractivity contribution in [1.29, 1.82) is 0 Å². The van der Waals surface area contributed by atoms with Crippen LogP contribution in [0.15, 0.2) is 29.4 Å². The van der Waals surface area contributed by atoms with Crippen molar-refractivity contribution in [1.82, 2.24) is 5.43 Å². The Morgan fingerprint density at radius 1 is 1.37 bits per heavy atom. The van der Waals surface area contributed by atoms with E-state index in [4.69, 9.17) is 0 Å². The highest BCUT2D eigenvalue weighted by atomic mass is 16.3. The van der Waals surface area contributed by atoms with E-state index in [1.54, 1.807) is 24.3 Å². The van der Waals surface area contributed by atoms with Crippen LogP contribution in [0.3, 0.4) is 0 Å². The summed E-state index contributed by atoms with van der Waals surface area (Å²) in [4.78, 5) is 21.9. The molecule has 0 spiro atoms. The summed E-state index contributed by atoms with van der Waals surface area (Å²) >= 11 is 0. The minimum absolute atomic E-state index is 0.0881. The van der Waals surface area contributed by atoms with Gasteiger partial charge in [-0.15, -0.1) is 0 Å². The third kappa shape index (κ3) is 4.75. The Kier molecular flexibility index (Phi) is 5.47. The van der Waals surface area contributed by atoms with E-state index in [2.05, 4.69) is 10.5 Å². The predicted molar refractivity (Wildman–Crippen MR) is 73.8 cm³/mol. The van der Waals surface area contributed by atoms with Crippen molar-refractivity contribution < 1.29 is 14.7 Å². The lowest BCUT2D eigenvalue weighted by Crippen LogP contribution is -2.19. The Bertz CT molecular complexity index is 533. The first-order valence-corrected chi connectivity index (χ1v) is 5.80. The first-order chi connectivity index (χ1) is 9.04. The quantitative estimate of drug-likeness (QED) is 0.482. The van der Waals surface area contributed by atoms with Gasteiger partial charge in [-0.25, -0.2) is 5.43 Å². The van der Waals surface area contributed by atoms with Crippen molar-refractivity contribution in [2.75, 3.05) is 0 Å². The van der Waals surface area contributed by atoms with Crippen LogP contribution in [0.5, 0.6) is 5.75 Å². The van der Waals surface area contributed by atoms with E-state index in [-0.39, 0.29) is 18.0 Å². The molecule has 1 amide bonds. The van der Waals surface area contributed by atoms with Gasteiger partial charge in [0.2, 0.25) is 5.91 Å². The third-order valence-corrected chi connectivity index (χ3v) is 2.25. The highest BCUT2D eigenvalue weighted by Gasteiger charge is 2.04.